The average molecular weight is 436 g/mol. The molecule has 7 heteroatoms. The van der Waals surface area contributed by atoms with Gasteiger partial charge in [-0.25, -0.2) is 4.98 Å². The Morgan fingerprint density at radius 3 is 2.67 bits per heavy atom. The van der Waals surface area contributed by atoms with Gasteiger partial charge in [0.1, 0.15) is 4.83 Å². The Hall–Kier alpha value is -2.90. The molecule has 0 aliphatic rings. The highest BCUT2D eigenvalue weighted by Gasteiger charge is 2.14. The van der Waals surface area contributed by atoms with Gasteiger partial charge in [-0.3, -0.25) is 9.59 Å². The number of thiophene rings is 1. The third-order valence-electron chi connectivity index (χ3n) is 4.70. The molecule has 30 heavy (non-hydrogen) atoms. The van der Waals surface area contributed by atoms with Gasteiger partial charge in [0.25, 0.3) is 5.56 Å². The number of hydrogen-bond acceptors (Lipinski definition) is 5. The first kappa shape index (κ1) is 20.4. The van der Waals surface area contributed by atoms with E-state index in [1.54, 1.807) is 0 Å². The number of nitrogens with one attached hydrogen (secondary N) is 2. The van der Waals surface area contributed by atoms with Crippen molar-refractivity contribution in [2.24, 2.45) is 0 Å². The maximum atomic E-state index is 12.7. The highest BCUT2D eigenvalue weighted by molar-refractivity contribution is 7.99. The van der Waals surface area contributed by atoms with E-state index in [1.807, 2.05) is 66.9 Å². The zero-order valence-corrected chi connectivity index (χ0v) is 18.1. The molecule has 0 saturated carbocycles. The molecular weight excluding hydrogens is 414 g/mol. The first-order chi connectivity index (χ1) is 14.6. The average Bonchev–Trinajstić information content (AvgIpc) is 3.18. The fraction of sp³-hybridized carbons (Fsp3) is 0.174. The standard InChI is InChI=1S/C23H21N3O2S2/c1-15-7-9-17(10-8-15)18-13-29-22-20(18)21(28)25-23(26-22)30-14-19(27)24-12-11-16-5-3-2-4-6-16/h2-10,13H,11-12,14H2,1H3,(H,24,27)(H,25,26,28). The third kappa shape index (κ3) is 4.80. The van der Waals surface area contributed by atoms with E-state index in [0.29, 0.717) is 21.9 Å². The predicted octanol–water partition coefficient (Wildman–Crippen LogP) is 4.41. The van der Waals surface area contributed by atoms with Crippen LogP contribution in [0.25, 0.3) is 21.3 Å². The van der Waals surface area contributed by atoms with Crippen LogP contribution in [0.1, 0.15) is 11.1 Å². The lowest BCUT2D eigenvalue weighted by Crippen LogP contribution is -2.27. The van der Waals surface area contributed by atoms with Gasteiger partial charge in [-0.2, -0.15) is 0 Å². The quantitative estimate of drug-likeness (QED) is 0.333. The molecule has 5 nitrogen and oxygen atoms in total. The summed E-state index contributed by atoms with van der Waals surface area (Å²) < 4.78 is 0. The topological polar surface area (TPSA) is 74.8 Å². The normalized spacial score (nSPS) is 11.0. The molecule has 152 valence electrons. The zero-order chi connectivity index (χ0) is 20.9. The molecule has 2 heterocycles. The molecule has 4 aromatic rings. The SMILES string of the molecule is Cc1ccc(-c2csc3nc(SCC(=O)NCCc4ccccc4)[nH]c(=O)c23)cc1. The van der Waals surface area contributed by atoms with Crippen LogP contribution < -0.4 is 10.9 Å². The van der Waals surface area contributed by atoms with Crippen molar-refractivity contribution in [3.63, 3.8) is 0 Å². The van der Waals surface area contributed by atoms with Crippen LogP contribution in [0.4, 0.5) is 0 Å². The summed E-state index contributed by atoms with van der Waals surface area (Å²) in [6.45, 7) is 2.61. The molecule has 2 N–H and O–H groups in total. The van der Waals surface area contributed by atoms with Gasteiger partial charge in [-0.15, -0.1) is 11.3 Å². The zero-order valence-electron chi connectivity index (χ0n) is 16.5. The van der Waals surface area contributed by atoms with Crippen LogP contribution in [0.3, 0.4) is 0 Å². The van der Waals surface area contributed by atoms with Gasteiger partial charge < -0.3 is 10.3 Å². The summed E-state index contributed by atoms with van der Waals surface area (Å²) in [6, 6.07) is 18.1. The number of aromatic nitrogens is 2. The monoisotopic (exact) mass is 435 g/mol. The molecule has 4 rings (SSSR count). The number of rotatable bonds is 7. The number of hydrogen-bond donors (Lipinski definition) is 2. The lowest BCUT2D eigenvalue weighted by Gasteiger charge is -2.05. The molecular formula is C23H21N3O2S2. The van der Waals surface area contributed by atoms with E-state index in [-0.39, 0.29) is 17.2 Å². The third-order valence-corrected chi connectivity index (χ3v) is 6.45. The molecule has 0 bridgehead atoms. The van der Waals surface area contributed by atoms with E-state index >= 15 is 0 Å². The maximum Gasteiger partial charge on any atom is 0.260 e. The summed E-state index contributed by atoms with van der Waals surface area (Å²) in [4.78, 5) is 32.9. The van der Waals surface area contributed by atoms with Crippen LogP contribution in [0, 0.1) is 6.92 Å². The van der Waals surface area contributed by atoms with Gasteiger partial charge in [0.15, 0.2) is 5.16 Å². The fourth-order valence-corrected chi connectivity index (χ4v) is 4.82. The smallest absolute Gasteiger partial charge is 0.260 e. The van der Waals surface area contributed by atoms with Crippen LogP contribution in [-0.2, 0) is 11.2 Å². The lowest BCUT2D eigenvalue weighted by atomic mass is 10.1. The molecule has 0 radical (unpaired) electrons. The van der Waals surface area contributed by atoms with E-state index in [0.717, 1.165) is 17.5 Å². The van der Waals surface area contributed by atoms with Crippen LogP contribution in [0.5, 0.6) is 0 Å². The van der Waals surface area contributed by atoms with E-state index in [9.17, 15) is 9.59 Å². The molecule has 0 atom stereocenters. The molecule has 0 saturated heterocycles. The molecule has 1 amide bonds. The van der Waals surface area contributed by atoms with Crippen molar-refractivity contribution in [3.8, 4) is 11.1 Å². The molecule has 2 aromatic heterocycles. The van der Waals surface area contributed by atoms with Crippen molar-refractivity contribution >= 4 is 39.2 Å². The van der Waals surface area contributed by atoms with Crippen molar-refractivity contribution in [1.29, 1.82) is 0 Å². The number of carbonyl (C=O) groups is 1. The Bertz CT molecular complexity index is 1210. The van der Waals surface area contributed by atoms with E-state index < -0.39 is 0 Å². The fourth-order valence-electron chi connectivity index (χ4n) is 3.12. The summed E-state index contributed by atoms with van der Waals surface area (Å²) in [6.07, 6.45) is 0.787. The Labute approximate surface area is 182 Å². The van der Waals surface area contributed by atoms with Crippen LogP contribution in [-0.4, -0.2) is 28.2 Å². The summed E-state index contributed by atoms with van der Waals surface area (Å²) in [7, 11) is 0. The Morgan fingerprint density at radius 1 is 1.13 bits per heavy atom. The number of aromatic amines is 1. The number of nitrogens with zero attached hydrogens (tertiary/aromatic N) is 1. The van der Waals surface area contributed by atoms with Crippen molar-refractivity contribution < 1.29 is 4.79 Å². The van der Waals surface area contributed by atoms with Crippen LogP contribution in [0.15, 0.2) is 69.9 Å². The van der Waals surface area contributed by atoms with Crippen molar-refractivity contribution in [2.75, 3.05) is 12.3 Å². The van der Waals surface area contributed by atoms with Gasteiger partial charge >= 0.3 is 0 Å². The van der Waals surface area contributed by atoms with Gasteiger partial charge in [0.05, 0.1) is 11.1 Å². The van der Waals surface area contributed by atoms with Crippen molar-refractivity contribution in [3.05, 3.63) is 81.5 Å². The highest BCUT2D eigenvalue weighted by Crippen LogP contribution is 2.31. The number of carbonyl (C=O) groups excluding carboxylic acids is 1. The van der Waals surface area contributed by atoms with Crippen LogP contribution in [0.2, 0.25) is 0 Å². The number of H-pyrrole nitrogens is 1. The van der Waals surface area contributed by atoms with Gasteiger partial charge in [-0.05, 0) is 24.5 Å². The van der Waals surface area contributed by atoms with Crippen LogP contribution >= 0.6 is 23.1 Å². The first-order valence-corrected chi connectivity index (χ1v) is 11.5. The first-order valence-electron chi connectivity index (χ1n) is 9.62. The Kier molecular flexibility index (Phi) is 6.30. The summed E-state index contributed by atoms with van der Waals surface area (Å²) in [5, 5.41) is 5.93. The maximum absolute atomic E-state index is 12.7. The van der Waals surface area contributed by atoms with Gasteiger partial charge in [0, 0.05) is 17.5 Å². The lowest BCUT2D eigenvalue weighted by molar-refractivity contribution is -0.118. The second-order valence-corrected chi connectivity index (χ2v) is 8.76. The second-order valence-electron chi connectivity index (χ2n) is 6.94. The number of benzene rings is 2. The minimum Gasteiger partial charge on any atom is -0.355 e. The summed E-state index contributed by atoms with van der Waals surface area (Å²) in [5.74, 6) is 0.129. The second kappa shape index (κ2) is 9.28. The molecule has 0 aliphatic heterocycles. The minimum absolute atomic E-state index is 0.0785. The largest absolute Gasteiger partial charge is 0.355 e. The van der Waals surface area contributed by atoms with E-state index in [2.05, 4.69) is 15.3 Å². The molecule has 0 aliphatic carbocycles. The number of fused-ring (bicyclic) bond motifs is 1. The van der Waals surface area contributed by atoms with Crippen molar-refractivity contribution in [2.45, 2.75) is 18.5 Å². The molecule has 0 unspecified atom stereocenters. The highest BCUT2D eigenvalue weighted by atomic mass is 32.2. The summed E-state index contributed by atoms with van der Waals surface area (Å²) in [5.41, 5.74) is 4.06. The minimum atomic E-state index is -0.177. The number of aryl methyl sites for hydroxylation is 1. The summed E-state index contributed by atoms with van der Waals surface area (Å²) >= 11 is 2.68. The van der Waals surface area contributed by atoms with E-state index in [1.165, 1.54) is 34.2 Å². The number of amides is 1. The van der Waals surface area contributed by atoms with Gasteiger partial charge in [0.2, 0.25) is 5.91 Å². The molecule has 0 fully saturated rings. The van der Waals surface area contributed by atoms with E-state index in [4.69, 9.17) is 0 Å². The Balaban J connectivity index is 1.40. The molecule has 2 aromatic carbocycles. The number of thioether (sulfide) groups is 1. The Morgan fingerprint density at radius 2 is 1.90 bits per heavy atom. The molecule has 0 spiro atoms. The predicted molar refractivity (Wildman–Crippen MR) is 124 cm³/mol. The van der Waals surface area contributed by atoms with Gasteiger partial charge in [-0.1, -0.05) is 71.9 Å². The van der Waals surface area contributed by atoms with Crippen molar-refractivity contribution in [1.82, 2.24) is 15.3 Å².